The number of carbonyl (C=O) groups is 3. The molecule has 1 unspecified atom stereocenters. The third-order valence-electron chi connectivity index (χ3n) is 1.95. The average Bonchev–Trinajstić information content (AvgIpc) is 2.21. The lowest BCUT2D eigenvalue weighted by Gasteiger charge is -2.16. The van der Waals surface area contributed by atoms with E-state index in [0.717, 1.165) is 12.2 Å². The standard InChI is InChI=1S/C12H19NO5.H2S/c1-7(2)11(12(16)17)13-9(14)5-6-10(15)18-8(3)4;/h5-8,11H,1-4H3,(H,13,14)(H,16,17);1H2/b6-5+;. The Morgan fingerprint density at radius 3 is 2.00 bits per heavy atom. The SMILES string of the molecule is CC(C)OC(=O)/C=C/C(=O)NC(C(=O)O)C(C)C.S. The zero-order valence-electron chi connectivity index (χ0n) is 11.5. The second-order valence-electron chi connectivity index (χ2n) is 4.39. The maximum Gasteiger partial charge on any atom is 0.331 e. The largest absolute Gasteiger partial charge is 0.480 e. The highest BCUT2D eigenvalue weighted by Gasteiger charge is 2.22. The molecule has 0 rings (SSSR count). The van der Waals surface area contributed by atoms with E-state index in [9.17, 15) is 14.4 Å². The lowest BCUT2D eigenvalue weighted by atomic mass is 10.1. The second-order valence-corrected chi connectivity index (χ2v) is 4.39. The van der Waals surface area contributed by atoms with Crippen molar-refractivity contribution in [2.24, 2.45) is 5.92 Å². The Balaban J connectivity index is 0. The number of carbonyl (C=O) groups excluding carboxylic acids is 2. The lowest BCUT2D eigenvalue weighted by molar-refractivity contribution is -0.142. The number of hydrogen-bond acceptors (Lipinski definition) is 4. The topological polar surface area (TPSA) is 92.7 Å². The third kappa shape index (κ3) is 9.12. The minimum Gasteiger partial charge on any atom is -0.480 e. The molecule has 0 fully saturated rings. The van der Waals surface area contributed by atoms with E-state index in [0.29, 0.717) is 0 Å². The maximum atomic E-state index is 11.4. The Hall–Kier alpha value is -1.50. The van der Waals surface area contributed by atoms with E-state index in [1.165, 1.54) is 0 Å². The van der Waals surface area contributed by atoms with Gasteiger partial charge in [0.25, 0.3) is 0 Å². The maximum absolute atomic E-state index is 11.4. The van der Waals surface area contributed by atoms with Gasteiger partial charge >= 0.3 is 11.9 Å². The van der Waals surface area contributed by atoms with Gasteiger partial charge in [-0.25, -0.2) is 9.59 Å². The number of ether oxygens (including phenoxy) is 1. The molecule has 0 aliphatic carbocycles. The highest BCUT2D eigenvalue weighted by Crippen LogP contribution is 2.01. The van der Waals surface area contributed by atoms with Crippen LogP contribution in [0.15, 0.2) is 12.2 Å². The Morgan fingerprint density at radius 2 is 1.63 bits per heavy atom. The van der Waals surface area contributed by atoms with Gasteiger partial charge in [-0.05, 0) is 19.8 Å². The molecular weight excluding hydrogens is 270 g/mol. The molecule has 0 radical (unpaired) electrons. The van der Waals surface area contributed by atoms with Crippen LogP contribution in [0.1, 0.15) is 27.7 Å². The molecule has 0 aliphatic heterocycles. The van der Waals surface area contributed by atoms with E-state index in [-0.39, 0.29) is 25.5 Å². The second kappa shape index (κ2) is 9.43. The van der Waals surface area contributed by atoms with Gasteiger partial charge in [-0.15, -0.1) is 0 Å². The zero-order valence-corrected chi connectivity index (χ0v) is 12.5. The molecule has 110 valence electrons. The first-order valence-corrected chi connectivity index (χ1v) is 5.66. The van der Waals surface area contributed by atoms with Crippen LogP contribution in [-0.4, -0.2) is 35.1 Å². The molecule has 7 heteroatoms. The van der Waals surface area contributed by atoms with E-state index in [2.05, 4.69) is 5.32 Å². The van der Waals surface area contributed by atoms with Gasteiger partial charge in [0, 0.05) is 12.2 Å². The van der Waals surface area contributed by atoms with Crippen molar-refractivity contribution in [2.45, 2.75) is 39.8 Å². The molecule has 19 heavy (non-hydrogen) atoms. The van der Waals surface area contributed by atoms with Gasteiger partial charge in [0.2, 0.25) is 5.91 Å². The van der Waals surface area contributed by atoms with E-state index in [1.807, 2.05) is 0 Å². The summed E-state index contributed by atoms with van der Waals surface area (Å²) in [7, 11) is 0. The predicted molar refractivity (Wildman–Crippen MR) is 75.2 cm³/mol. The molecule has 2 N–H and O–H groups in total. The normalized spacial score (nSPS) is 12.1. The summed E-state index contributed by atoms with van der Waals surface area (Å²) in [6.45, 7) is 6.72. The number of amides is 1. The fourth-order valence-corrected chi connectivity index (χ4v) is 1.13. The highest BCUT2D eigenvalue weighted by atomic mass is 32.1. The fourth-order valence-electron chi connectivity index (χ4n) is 1.13. The Kier molecular flexibility index (Phi) is 9.85. The summed E-state index contributed by atoms with van der Waals surface area (Å²) in [5, 5.41) is 11.1. The van der Waals surface area contributed by atoms with Crippen LogP contribution in [0, 0.1) is 5.92 Å². The number of hydrogen-bond donors (Lipinski definition) is 2. The Bertz CT molecular complexity index is 352. The first kappa shape index (κ1) is 19.8. The minimum absolute atomic E-state index is 0. The van der Waals surface area contributed by atoms with Crippen molar-refractivity contribution >= 4 is 31.3 Å². The quantitative estimate of drug-likeness (QED) is 0.558. The van der Waals surface area contributed by atoms with E-state index >= 15 is 0 Å². The molecule has 0 saturated carbocycles. The molecule has 1 atom stereocenters. The number of carboxylic acids is 1. The lowest BCUT2D eigenvalue weighted by Crippen LogP contribution is -2.43. The molecule has 0 aromatic heterocycles. The van der Waals surface area contributed by atoms with Gasteiger partial charge in [0.15, 0.2) is 0 Å². The molecule has 0 aromatic carbocycles. The van der Waals surface area contributed by atoms with Crippen molar-refractivity contribution in [3.05, 3.63) is 12.2 Å². The molecule has 0 bridgehead atoms. The van der Waals surface area contributed by atoms with Gasteiger partial charge in [-0.2, -0.15) is 13.5 Å². The Labute approximate surface area is 119 Å². The molecule has 1 amide bonds. The van der Waals surface area contributed by atoms with Crippen molar-refractivity contribution in [1.82, 2.24) is 5.32 Å². The number of esters is 1. The van der Waals surface area contributed by atoms with Crippen LogP contribution in [0.5, 0.6) is 0 Å². The highest BCUT2D eigenvalue weighted by molar-refractivity contribution is 7.59. The number of nitrogens with one attached hydrogen (secondary N) is 1. The average molecular weight is 291 g/mol. The first-order chi connectivity index (χ1) is 8.23. The van der Waals surface area contributed by atoms with Crippen LogP contribution in [0.4, 0.5) is 0 Å². The summed E-state index contributed by atoms with van der Waals surface area (Å²) >= 11 is 0. The van der Waals surface area contributed by atoms with Crippen molar-refractivity contribution < 1.29 is 24.2 Å². The van der Waals surface area contributed by atoms with Crippen LogP contribution < -0.4 is 5.32 Å². The minimum atomic E-state index is -1.11. The molecule has 0 spiro atoms. The zero-order chi connectivity index (χ0) is 14.3. The van der Waals surface area contributed by atoms with Crippen molar-refractivity contribution in [3.8, 4) is 0 Å². The number of rotatable bonds is 6. The predicted octanol–water partition coefficient (Wildman–Crippen LogP) is 0.832. The van der Waals surface area contributed by atoms with Gasteiger partial charge < -0.3 is 15.2 Å². The van der Waals surface area contributed by atoms with Gasteiger partial charge in [0.1, 0.15) is 6.04 Å². The van der Waals surface area contributed by atoms with Gasteiger partial charge in [0.05, 0.1) is 6.10 Å². The summed E-state index contributed by atoms with van der Waals surface area (Å²) in [6.07, 6.45) is 1.66. The van der Waals surface area contributed by atoms with Gasteiger partial charge in [-0.1, -0.05) is 13.8 Å². The number of aliphatic carboxylic acids is 1. The third-order valence-corrected chi connectivity index (χ3v) is 1.95. The van der Waals surface area contributed by atoms with E-state index < -0.39 is 23.9 Å². The fraction of sp³-hybridized carbons (Fsp3) is 0.583. The summed E-state index contributed by atoms with van der Waals surface area (Å²) in [4.78, 5) is 33.3. The monoisotopic (exact) mass is 291 g/mol. The van der Waals surface area contributed by atoms with E-state index in [4.69, 9.17) is 9.84 Å². The van der Waals surface area contributed by atoms with Crippen molar-refractivity contribution in [1.29, 1.82) is 0 Å². The van der Waals surface area contributed by atoms with Crippen molar-refractivity contribution in [3.63, 3.8) is 0 Å². The molecular formula is C12H21NO5S. The van der Waals surface area contributed by atoms with Crippen LogP contribution in [0.3, 0.4) is 0 Å². The summed E-state index contributed by atoms with van der Waals surface area (Å²) in [5.41, 5.74) is 0. The summed E-state index contributed by atoms with van der Waals surface area (Å²) < 4.78 is 4.78. The first-order valence-electron chi connectivity index (χ1n) is 5.66. The summed E-state index contributed by atoms with van der Waals surface area (Å²) in [6, 6.07) is -0.983. The van der Waals surface area contributed by atoms with Crippen LogP contribution in [0.2, 0.25) is 0 Å². The van der Waals surface area contributed by atoms with E-state index in [1.54, 1.807) is 27.7 Å². The molecule has 0 saturated heterocycles. The van der Waals surface area contributed by atoms with Gasteiger partial charge in [-0.3, -0.25) is 4.79 Å². The van der Waals surface area contributed by atoms with Crippen LogP contribution >= 0.6 is 13.5 Å². The summed E-state index contributed by atoms with van der Waals surface area (Å²) in [5.74, 6) is -2.65. The molecule has 0 aliphatic rings. The molecule has 0 heterocycles. The number of carboxylic acid groups (broad SMARTS) is 1. The van der Waals surface area contributed by atoms with Crippen molar-refractivity contribution in [2.75, 3.05) is 0 Å². The Morgan fingerprint density at radius 1 is 1.11 bits per heavy atom. The van der Waals surface area contributed by atoms with Crippen LogP contribution in [0.25, 0.3) is 0 Å². The molecule has 6 nitrogen and oxygen atoms in total. The molecule has 0 aromatic rings. The van der Waals surface area contributed by atoms with Crippen LogP contribution in [-0.2, 0) is 19.1 Å². The smallest absolute Gasteiger partial charge is 0.331 e.